The number of benzene rings is 2. The maximum Gasteiger partial charge on any atom is 0.337 e. The molecule has 0 saturated heterocycles. The predicted molar refractivity (Wildman–Crippen MR) is 60.7 cm³/mol. The number of rotatable bonds is 2. The van der Waals surface area contributed by atoms with Crippen LogP contribution in [0.2, 0.25) is 0 Å². The minimum Gasteiger partial charge on any atom is -0.465 e. The van der Waals surface area contributed by atoms with Crippen molar-refractivity contribution in [3.05, 3.63) is 47.5 Å². The average Bonchev–Trinajstić information content (AvgIpc) is 2.36. The van der Waals surface area contributed by atoms with Crippen molar-refractivity contribution in [3.63, 3.8) is 0 Å². The number of methoxy groups -OCH3 is 1. The Bertz CT molecular complexity index is 558. The summed E-state index contributed by atoms with van der Waals surface area (Å²) in [7, 11) is 1.33. The van der Waals surface area contributed by atoms with Gasteiger partial charge in [0.15, 0.2) is 6.29 Å². The van der Waals surface area contributed by atoms with Crippen LogP contribution in [0.3, 0.4) is 0 Å². The summed E-state index contributed by atoms with van der Waals surface area (Å²) in [5.74, 6) is -0.400. The van der Waals surface area contributed by atoms with Crippen LogP contribution in [0.25, 0.3) is 10.8 Å². The van der Waals surface area contributed by atoms with E-state index in [0.29, 0.717) is 11.1 Å². The van der Waals surface area contributed by atoms with Gasteiger partial charge in [-0.15, -0.1) is 0 Å². The van der Waals surface area contributed by atoms with Crippen LogP contribution in [0.4, 0.5) is 0 Å². The highest BCUT2D eigenvalue weighted by atomic mass is 16.5. The third-order valence-corrected chi connectivity index (χ3v) is 2.46. The molecule has 0 bridgehead atoms. The molecule has 0 aliphatic heterocycles. The van der Waals surface area contributed by atoms with Crippen LogP contribution >= 0.6 is 0 Å². The molecular formula is C13H10O3. The van der Waals surface area contributed by atoms with Gasteiger partial charge in [-0.2, -0.15) is 0 Å². The van der Waals surface area contributed by atoms with Crippen molar-refractivity contribution in [1.29, 1.82) is 0 Å². The van der Waals surface area contributed by atoms with E-state index in [4.69, 9.17) is 0 Å². The van der Waals surface area contributed by atoms with Crippen molar-refractivity contribution in [1.82, 2.24) is 0 Å². The zero-order valence-corrected chi connectivity index (χ0v) is 8.77. The van der Waals surface area contributed by atoms with Crippen LogP contribution in [0.1, 0.15) is 20.7 Å². The first-order valence-electron chi connectivity index (χ1n) is 4.82. The molecule has 0 radical (unpaired) electrons. The van der Waals surface area contributed by atoms with E-state index in [1.807, 2.05) is 12.1 Å². The van der Waals surface area contributed by atoms with Gasteiger partial charge in [0, 0.05) is 5.56 Å². The van der Waals surface area contributed by atoms with Crippen molar-refractivity contribution in [2.24, 2.45) is 0 Å². The topological polar surface area (TPSA) is 43.4 Å². The monoisotopic (exact) mass is 214 g/mol. The molecule has 0 aliphatic carbocycles. The zero-order valence-electron chi connectivity index (χ0n) is 8.77. The minimum absolute atomic E-state index is 0.400. The van der Waals surface area contributed by atoms with Gasteiger partial charge in [0.25, 0.3) is 0 Å². The Morgan fingerprint density at radius 2 is 2.06 bits per heavy atom. The molecule has 3 heteroatoms. The summed E-state index contributed by atoms with van der Waals surface area (Å²) in [5.41, 5.74) is 1.02. The van der Waals surface area contributed by atoms with Crippen molar-refractivity contribution >= 4 is 23.0 Å². The maximum absolute atomic E-state index is 11.3. The molecule has 2 aromatic carbocycles. The van der Waals surface area contributed by atoms with Crippen LogP contribution in [-0.4, -0.2) is 19.4 Å². The molecule has 3 nitrogen and oxygen atoms in total. The Morgan fingerprint density at radius 1 is 1.25 bits per heavy atom. The first-order chi connectivity index (χ1) is 7.76. The van der Waals surface area contributed by atoms with E-state index in [1.165, 1.54) is 7.11 Å². The third kappa shape index (κ3) is 1.67. The highest BCUT2D eigenvalue weighted by Crippen LogP contribution is 2.19. The number of fused-ring (bicyclic) bond motifs is 1. The molecule has 0 unspecified atom stereocenters. The van der Waals surface area contributed by atoms with Crippen LogP contribution in [0.5, 0.6) is 0 Å². The molecule has 0 amide bonds. The highest BCUT2D eigenvalue weighted by Gasteiger charge is 2.07. The predicted octanol–water partition coefficient (Wildman–Crippen LogP) is 2.44. The van der Waals surface area contributed by atoms with E-state index in [1.54, 1.807) is 24.3 Å². The molecular weight excluding hydrogens is 204 g/mol. The summed E-state index contributed by atoms with van der Waals surface area (Å²) in [6.45, 7) is 0. The second-order valence-corrected chi connectivity index (χ2v) is 3.39. The van der Waals surface area contributed by atoms with Gasteiger partial charge >= 0.3 is 5.97 Å². The molecule has 0 N–H and O–H groups in total. The number of esters is 1. The Hall–Kier alpha value is -2.16. The van der Waals surface area contributed by atoms with E-state index < -0.39 is 5.97 Å². The fraction of sp³-hybridized carbons (Fsp3) is 0.0769. The molecule has 0 heterocycles. The number of carbonyl (C=O) groups excluding carboxylic acids is 2. The Kier molecular flexibility index (Phi) is 2.68. The second kappa shape index (κ2) is 4.14. The zero-order chi connectivity index (χ0) is 11.5. The molecule has 0 spiro atoms. The molecule has 0 saturated carbocycles. The van der Waals surface area contributed by atoms with E-state index in [9.17, 15) is 9.59 Å². The number of ether oxygens (including phenoxy) is 1. The lowest BCUT2D eigenvalue weighted by atomic mass is 10.0. The summed E-state index contributed by atoms with van der Waals surface area (Å²) in [6, 6.07) is 10.6. The van der Waals surface area contributed by atoms with E-state index in [2.05, 4.69) is 4.74 Å². The molecule has 0 fully saturated rings. The lowest BCUT2D eigenvalue weighted by molar-refractivity contribution is 0.0601. The number of hydrogen-bond donors (Lipinski definition) is 0. The Balaban J connectivity index is 2.68. The lowest BCUT2D eigenvalue weighted by Crippen LogP contribution is -2.00. The molecule has 0 aliphatic rings. The summed E-state index contributed by atoms with van der Waals surface area (Å²) < 4.78 is 4.63. The Morgan fingerprint density at radius 3 is 2.75 bits per heavy atom. The maximum atomic E-state index is 11.3. The summed E-state index contributed by atoms with van der Waals surface area (Å²) in [5, 5.41) is 1.69. The first-order valence-corrected chi connectivity index (χ1v) is 4.82. The quantitative estimate of drug-likeness (QED) is 0.569. The lowest BCUT2D eigenvalue weighted by Gasteiger charge is -2.03. The normalized spacial score (nSPS) is 10.1. The van der Waals surface area contributed by atoms with E-state index in [-0.39, 0.29) is 0 Å². The van der Waals surface area contributed by atoms with E-state index >= 15 is 0 Å². The standard InChI is InChI=1S/C13H10O3/c1-16-13(15)10-6-5-9-3-2-4-11(8-14)12(9)7-10/h2-8H,1H3. The van der Waals surface area contributed by atoms with Crippen LogP contribution in [0.15, 0.2) is 36.4 Å². The number of aldehydes is 1. The molecule has 0 aromatic heterocycles. The van der Waals surface area contributed by atoms with Crippen molar-refractivity contribution < 1.29 is 14.3 Å². The molecule has 16 heavy (non-hydrogen) atoms. The van der Waals surface area contributed by atoms with Gasteiger partial charge < -0.3 is 4.74 Å². The average molecular weight is 214 g/mol. The van der Waals surface area contributed by atoms with Gasteiger partial charge in [0.1, 0.15) is 0 Å². The number of carbonyl (C=O) groups is 2. The summed E-state index contributed by atoms with van der Waals surface area (Å²) >= 11 is 0. The van der Waals surface area contributed by atoms with Crippen LogP contribution in [0, 0.1) is 0 Å². The molecule has 2 rings (SSSR count). The van der Waals surface area contributed by atoms with Crippen LogP contribution < -0.4 is 0 Å². The van der Waals surface area contributed by atoms with Gasteiger partial charge in [-0.1, -0.05) is 24.3 Å². The SMILES string of the molecule is COC(=O)c1ccc2cccc(C=O)c2c1. The number of hydrogen-bond acceptors (Lipinski definition) is 3. The van der Waals surface area contributed by atoms with Gasteiger partial charge in [0.2, 0.25) is 0 Å². The van der Waals surface area contributed by atoms with Crippen LogP contribution in [-0.2, 0) is 4.74 Å². The van der Waals surface area contributed by atoms with Gasteiger partial charge in [0.05, 0.1) is 12.7 Å². The fourth-order valence-electron chi connectivity index (χ4n) is 1.64. The van der Waals surface area contributed by atoms with Crippen molar-refractivity contribution in [3.8, 4) is 0 Å². The fourth-order valence-corrected chi connectivity index (χ4v) is 1.64. The highest BCUT2D eigenvalue weighted by molar-refractivity contribution is 6.02. The van der Waals surface area contributed by atoms with Crippen molar-refractivity contribution in [2.45, 2.75) is 0 Å². The summed E-state index contributed by atoms with van der Waals surface area (Å²) in [6.07, 6.45) is 0.781. The second-order valence-electron chi connectivity index (χ2n) is 3.39. The summed E-state index contributed by atoms with van der Waals surface area (Å²) in [4.78, 5) is 22.2. The van der Waals surface area contributed by atoms with E-state index in [0.717, 1.165) is 17.1 Å². The molecule has 80 valence electrons. The smallest absolute Gasteiger partial charge is 0.337 e. The molecule has 2 aromatic rings. The Labute approximate surface area is 92.6 Å². The molecule has 0 atom stereocenters. The first kappa shape index (κ1) is 10.4. The van der Waals surface area contributed by atoms with Crippen molar-refractivity contribution in [2.75, 3.05) is 7.11 Å². The minimum atomic E-state index is -0.400. The van der Waals surface area contributed by atoms with Gasteiger partial charge in [-0.3, -0.25) is 4.79 Å². The largest absolute Gasteiger partial charge is 0.465 e. The van der Waals surface area contributed by atoms with Gasteiger partial charge in [-0.05, 0) is 22.9 Å². The van der Waals surface area contributed by atoms with Gasteiger partial charge in [-0.25, -0.2) is 4.79 Å². The third-order valence-electron chi connectivity index (χ3n) is 2.46.